The molecule has 1 aliphatic rings. The summed E-state index contributed by atoms with van der Waals surface area (Å²) < 4.78 is 12.2. The van der Waals surface area contributed by atoms with Gasteiger partial charge in [0.1, 0.15) is 5.69 Å². The van der Waals surface area contributed by atoms with E-state index >= 15 is 0 Å². The van der Waals surface area contributed by atoms with Gasteiger partial charge in [0, 0.05) is 37.8 Å². The van der Waals surface area contributed by atoms with Gasteiger partial charge in [0.2, 0.25) is 0 Å². The van der Waals surface area contributed by atoms with E-state index in [1.54, 1.807) is 41.8 Å². The first-order chi connectivity index (χ1) is 16.4. The van der Waals surface area contributed by atoms with Crippen LogP contribution in [0.25, 0.3) is 0 Å². The van der Waals surface area contributed by atoms with Crippen molar-refractivity contribution in [3.63, 3.8) is 0 Å². The van der Waals surface area contributed by atoms with Gasteiger partial charge >= 0.3 is 0 Å². The lowest BCUT2D eigenvalue weighted by molar-refractivity contribution is 0.0682. The van der Waals surface area contributed by atoms with E-state index in [1.165, 1.54) is 0 Å². The highest BCUT2D eigenvalue weighted by molar-refractivity contribution is 6.31. The van der Waals surface area contributed by atoms with E-state index in [9.17, 15) is 9.59 Å². The van der Waals surface area contributed by atoms with Gasteiger partial charge in [-0.05, 0) is 35.7 Å². The van der Waals surface area contributed by atoms with E-state index in [2.05, 4.69) is 5.10 Å². The Kier molecular flexibility index (Phi) is 7.07. The van der Waals surface area contributed by atoms with E-state index in [-0.39, 0.29) is 17.5 Å². The molecular weight excluding hydrogens is 456 g/mol. The van der Waals surface area contributed by atoms with Crippen molar-refractivity contribution < 1.29 is 19.1 Å². The van der Waals surface area contributed by atoms with Crippen LogP contribution in [0.4, 0.5) is 0 Å². The van der Waals surface area contributed by atoms with Crippen molar-refractivity contribution in [2.75, 3.05) is 34.4 Å². The molecule has 0 bridgehead atoms. The number of hydrogen-bond donors (Lipinski definition) is 0. The second kappa shape index (κ2) is 10.2. The van der Waals surface area contributed by atoms with Crippen LogP contribution in [-0.4, -0.2) is 65.8 Å². The second-order valence-corrected chi connectivity index (χ2v) is 8.53. The molecule has 0 radical (unpaired) electrons. The average molecular weight is 483 g/mol. The fraction of sp³-hybridized carbons (Fsp3) is 0.320. The van der Waals surface area contributed by atoms with Crippen LogP contribution < -0.4 is 9.47 Å². The van der Waals surface area contributed by atoms with Crippen molar-refractivity contribution in [3.05, 3.63) is 76.1 Å². The first-order valence-corrected chi connectivity index (χ1v) is 11.4. The molecule has 9 heteroatoms. The Hall–Kier alpha value is -3.52. The molecule has 1 aromatic heterocycles. The standard InChI is InChI=1S/C25H27ClN4O4/c1-28(11-10-17-8-9-22(33-2)23(14-17)34-3)24(31)20-15-21-25(32)29(12-13-30(21)27-20)16-18-6-4-5-7-19(18)26/h4-9,14-15H,10-13,16H2,1-3H3. The molecule has 3 aromatic rings. The number of hydrogen-bond acceptors (Lipinski definition) is 5. The van der Waals surface area contributed by atoms with Crippen LogP contribution in [0.15, 0.2) is 48.5 Å². The summed E-state index contributed by atoms with van der Waals surface area (Å²) in [6, 6.07) is 14.7. The molecule has 0 atom stereocenters. The molecule has 0 spiro atoms. The summed E-state index contributed by atoms with van der Waals surface area (Å²) in [6.45, 7) is 1.93. The van der Waals surface area contributed by atoms with Gasteiger partial charge in [-0.25, -0.2) is 0 Å². The smallest absolute Gasteiger partial charge is 0.274 e. The summed E-state index contributed by atoms with van der Waals surface area (Å²) in [4.78, 5) is 29.4. The zero-order valence-electron chi connectivity index (χ0n) is 19.5. The second-order valence-electron chi connectivity index (χ2n) is 8.12. The minimum atomic E-state index is -0.229. The van der Waals surface area contributed by atoms with Crippen LogP contribution in [0, 0.1) is 0 Å². The van der Waals surface area contributed by atoms with Crippen LogP contribution in [0.1, 0.15) is 32.1 Å². The number of fused-ring (bicyclic) bond motifs is 1. The average Bonchev–Trinajstić information content (AvgIpc) is 3.30. The summed E-state index contributed by atoms with van der Waals surface area (Å²) in [6.07, 6.45) is 0.640. The predicted molar refractivity (Wildman–Crippen MR) is 129 cm³/mol. The Morgan fingerprint density at radius 1 is 1.09 bits per heavy atom. The third kappa shape index (κ3) is 4.87. The van der Waals surface area contributed by atoms with Gasteiger partial charge in [-0.2, -0.15) is 5.10 Å². The summed E-state index contributed by atoms with van der Waals surface area (Å²) in [7, 11) is 4.91. The molecule has 1 aliphatic heterocycles. The number of aromatic nitrogens is 2. The van der Waals surface area contributed by atoms with Crippen molar-refractivity contribution in [2.45, 2.75) is 19.5 Å². The Bertz CT molecular complexity index is 1210. The van der Waals surface area contributed by atoms with Crippen molar-refractivity contribution in [1.29, 1.82) is 0 Å². The number of rotatable bonds is 8. The molecule has 0 fully saturated rings. The molecule has 0 saturated carbocycles. The maximum atomic E-state index is 13.0. The highest BCUT2D eigenvalue weighted by atomic mass is 35.5. The topological polar surface area (TPSA) is 76.9 Å². The van der Waals surface area contributed by atoms with Crippen LogP contribution in [0.5, 0.6) is 11.5 Å². The van der Waals surface area contributed by atoms with Crippen molar-refractivity contribution in [3.8, 4) is 11.5 Å². The molecule has 2 amide bonds. The third-order valence-corrected chi connectivity index (χ3v) is 6.31. The fourth-order valence-corrected chi connectivity index (χ4v) is 4.15. The SMILES string of the molecule is COc1ccc(CCN(C)C(=O)c2cc3n(n2)CCN(Cc2ccccc2Cl)C3=O)cc1OC. The molecular formula is C25H27ClN4O4. The normalized spacial score (nSPS) is 12.9. The minimum Gasteiger partial charge on any atom is -0.493 e. The number of halogens is 1. The number of ether oxygens (including phenoxy) is 2. The van der Waals surface area contributed by atoms with Crippen molar-refractivity contribution in [1.82, 2.24) is 19.6 Å². The summed E-state index contributed by atoms with van der Waals surface area (Å²) >= 11 is 6.26. The molecule has 178 valence electrons. The van der Waals surface area contributed by atoms with E-state index in [0.717, 1.165) is 11.1 Å². The van der Waals surface area contributed by atoms with Gasteiger partial charge in [-0.3, -0.25) is 14.3 Å². The molecule has 2 aromatic carbocycles. The fourth-order valence-electron chi connectivity index (χ4n) is 3.96. The van der Waals surface area contributed by atoms with Crippen LogP contribution in [0.3, 0.4) is 0 Å². The number of nitrogens with zero attached hydrogens (tertiary/aromatic N) is 4. The van der Waals surface area contributed by atoms with Gasteiger partial charge < -0.3 is 19.3 Å². The summed E-state index contributed by atoms with van der Waals surface area (Å²) in [5, 5.41) is 5.03. The van der Waals surface area contributed by atoms with Crippen molar-refractivity contribution in [2.24, 2.45) is 0 Å². The van der Waals surface area contributed by atoms with E-state index in [0.29, 0.717) is 54.8 Å². The number of methoxy groups -OCH3 is 2. The molecule has 0 saturated heterocycles. The lowest BCUT2D eigenvalue weighted by Gasteiger charge is -2.27. The largest absolute Gasteiger partial charge is 0.493 e. The van der Waals surface area contributed by atoms with Gasteiger partial charge in [0.25, 0.3) is 11.8 Å². The van der Waals surface area contributed by atoms with Crippen LogP contribution >= 0.6 is 11.6 Å². The molecule has 0 N–H and O–H groups in total. The van der Waals surface area contributed by atoms with E-state index in [1.807, 2.05) is 42.5 Å². The highest BCUT2D eigenvalue weighted by Gasteiger charge is 2.29. The first kappa shape index (κ1) is 23.6. The van der Waals surface area contributed by atoms with Crippen molar-refractivity contribution >= 4 is 23.4 Å². The van der Waals surface area contributed by atoms with Gasteiger partial charge in [0.05, 0.1) is 20.8 Å². The zero-order valence-corrected chi connectivity index (χ0v) is 20.2. The number of carbonyl (C=O) groups excluding carboxylic acids is 2. The Labute approximate surface area is 203 Å². The highest BCUT2D eigenvalue weighted by Crippen LogP contribution is 2.28. The number of likely N-dealkylation sites (N-methyl/N-ethyl adjacent to an activating group) is 1. The predicted octanol–water partition coefficient (Wildman–Crippen LogP) is 3.52. The summed E-state index contributed by atoms with van der Waals surface area (Å²) in [5.41, 5.74) is 2.58. The first-order valence-electron chi connectivity index (χ1n) is 11.0. The maximum Gasteiger partial charge on any atom is 0.274 e. The quantitative estimate of drug-likeness (QED) is 0.491. The lowest BCUT2D eigenvalue weighted by atomic mass is 10.1. The molecule has 8 nitrogen and oxygen atoms in total. The minimum absolute atomic E-state index is 0.161. The zero-order chi connectivity index (χ0) is 24.2. The number of carbonyl (C=O) groups is 2. The molecule has 34 heavy (non-hydrogen) atoms. The number of benzene rings is 2. The Balaban J connectivity index is 1.41. The lowest BCUT2D eigenvalue weighted by Crippen LogP contribution is -2.39. The molecule has 2 heterocycles. The van der Waals surface area contributed by atoms with Crippen LogP contribution in [-0.2, 0) is 19.5 Å². The molecule has 4 rings (SSSR count). The maximum absolute atomic E-state index is 13.0. The Morgan fingerprint density at radius 2 is 1.85 bits per heavy atom. The van der Waals surface area contributed by atoms with E-state index in [4.69, 9.17) is 21.1 Å². The Morgan fingerprint density at radius 3 is 2.59 bits per heavy atom. The monoisotopic (exact) mass is 482 g/mol. The molecule has 0 aliphatic carbocycles. The van der Waals surface area contributed by atoms with Gasteiger partial charge in [0.15, 0.2) is 17.2 Å². The van der Waals surface area contributed by atoms with E-state index < -0.39 is 0 Å². The summed E-state index contributed by atoms with van der Waals surface area (Å²) in [5.74, 6) is 0.918. The van der Waals surface area contributed by atoms with Crippen LogP contribution in [0.2, 0.25) is 5.02 Å². The number of amides is 2. The van der Waals surface area contributed by atoms with Gasteiger partial charge in [-0.1, -0.05) is 35.9 Å². The third-order valence-electron chi connectivity index (χ3n) is 5.94. The van der Waals surface area contributed by atoms with Gasteiger partial charge in [-0.15, -0.1) is 0 Å². The molecule has 0 unspecified atom stereocenters.